The molecule has 1 fully saturated rings. The third-order valence-electron chi connectivity index (χ3n) is 6.41. The van der Waals surface area contributed by atoms with Crippen molar-refractivity contribution in [3.05, 3.63) is 64.8 Å². The number of hydrogen-bond donors (Lipinski definition) is 2. The number of methoxy groups -OCH3 is 1. The molecule has 32 heavy (non-hydrogen) atoms. The zero-order valence-electron chi connectivity index (χ0n) is 18.4. The fourth-order valence-corrected chi connectivity index (χ4v) is 4.58. The first-order valence-electron chi connectivity index (χ1n) is 10.9. The van der Waals surface area contributed by atoms with Crippen LogP contribution >= 0.6 is 11.6 Å². The summed E-state index contributed by atoms with van der Waals surface area (Å²) in [5, 5.41) is 4.61. The molecule has 0 saturated carbocycles. The van der Waals surface area contributed by atoms with Crippen molar-refractivity contribution in [2.45, 2.75) is 26.3 Å². The van der Waals surface area contributed by atoms with Crippen LogP contribution in [0.25, 0.3) is 10.9 Å². The first kappa shape index (κ1) is 22.2. The first-order chi connectivity index (χ1) is 15.5. The molecule has 1 saturated heterocycles. The Labute approximate surface area is 192 Å². The van der Waals surface area contributed by atoms with Gasteiger partial charge in [0, 0.05) is 47.0 Å². The summed E-state index contributed by atoms with van der Waals surface area (Å²) in [6, 6.07) is 15.1. The average molecular weight is 454 g/mol. The molecule has 2 N–H and O–H groups in total. The number of carbonyl (C=O) groups is 2. The highest BCUT2D eigenvalue weighted by Gasteiger charge is 2.30. The number of ether oxygens (including phenoxy) is 1. The molecule has 1 atom stereocenters. The molecule has 1 aromatic heterocycles. The van der Waals surface area contributed by atoms with Crippen LogP contribution in [0.2, 0.25) is 5.02 Å². The topological polar surface area (TPSA) is 74.4 Å². The molecular formula is C25H28ClN3O3. The maximum atomic E-state index is 13.0. The lowest BCUT2D eigenvalue weighted by Crippen LogP contribution is -2.42. The zero-order chi connectivity index (χ0) is 22.7. The maximum absolute atomic E-state index is 13.0. The number of H-pyrrole nitrogens is 1. The monoisotopic (exact) mass is 453 g/mol. The fourth-order valence-electron chi connectivity index (χ4n) is 4.40. The standard InChI is InChI=1S/C25H28ClN3O3/c1-16(24(30)27-15-18-5-3-4-6-23(18)32-2)17-9-11-29(12-10-17)25(31)22-14-19-13-20(26)7-8-21(19)28-22/h3-8,13-14,16-17,28H,9-12,15H2,1-2H3,(H,27,30)/t16-/m1/s1. The van der Waals surface area contributed by atoms with E-state index in [9.17, 15) is 9.59 Å². The smallest absolute Gasteiger partial charge is 0.270 e. The average Bonchev–Trinajstić information content (AvgIpc) is 3.25. The van der Waals surface area contributed by atoms with Gasteiger partial charge < -0.3 is 19.9 Å². The van der Waals surface area contributed by atoms with Gasteiger partial charge in [0.15, 0.2) is 0 Å². The van der Waals surface area contributed by atoms with Crippen LogP contribution in [-0.4, -0.2) is 41.9 Å². The van der Waals surface area contributed by atoms with E-state index < -0.39 is 0 Å². The van der Waals surface area contributed by atoms with E-state index in [4.69, 9.17) is 16.3 Å². The van der Waals surface area contributed by atoms with E-state index in [0.717, 1.165) is 35.1 Å². The highest BCUT2D eigenvalue weighted by Crippen LogP contribution is 2.27. The number of halogens is 1. The van der Waals surface area contributed by atoms with Gasteiger partial charge in [0.05, 0.1) is 7.11 Å². The lowest BCUT2D eigenvalue weighted by Gasteiger charge is -2.34. The second-order valence-corrected chi connectivity index (χ2v) is 8.80. The number of nitrogens with one attached hydrogen (secondary N) is 2. The van der Waals surface area contributed by atoms with Gasteiger partial charge in [0.25, 0.3) is 5.91 Å². The molecule has 4 rings (SSSR count). The van der Waals surface area contributed by atoms with Crippen LogP contribution in [0.15, 0.2) is 48.5 Å². The number of amides is 2. The second-order valence-electron chi connectivity index (χ2n) is 8.36. The summed E-state index contributed by atoms with van der Waals surface area (Å²) in [5.41, 5.74) is 2.42. The Balaban J connectivity index is 1.31. The Morgan fingerprint density at radius 1 is 1.19 bits per heavy atom. The minimum Gasteiger partial charge on any atom is -0.496 e. The molecule has 2 amide bonds. The van der Waals surface area contributed by atoms with Gasteiger partial charge in [0.2, 0.25) is 5.91 Å². The number of aromatic amines is 1. The van der Waals surface area contributed by atoms with Gasteiger partial charge in [-0.3, -0.25) is 9.59 Å². The molecule has 7 heteroatoms. The Hall–Kier alpha value is -2.99. The summed E-state index contributed by atoms with van der Waals surface area (Å²) in [6.07, 6.45) is 1.61. The lowest BCUT2D eigenvalue weighted by molar-refractivity contribution is -0.126. The Bertz CT molecular complexity index is 1120. The number of likely N-dealkylation sites (tertiary alicyclic amines) is 1. The summed E-state index contributed by atoms with van der Waals surface area (Å²) in [7, 11) is 1.63. The highest BCUT2D eigenvalue weighted by atomic mass is 35.5. The molecule has 1 aliphatic rings. The van der Waals surface area contributed by atoms with Crippen molar-refractivity contribution < 1.29 is 14.3 Å². The SMILES string of the molecule is COc1ccccc1CNC(=O)[C@H](C)C1CCN(C(=O)c2cc3cc(Cl)ccc3[nH]2)CC1. The van der Waals surface area contributed by atoms with E-state index in [1.54, 1.807) is 13.2 Å². The van der Waals surface area contributed by atoms with Crippen LogP contribution in [-0.2, 0) is 11.3 Å². The largest absolute Gasteiger partial charge is 0.496 e. The number of aromatic nitrogens is 1. The normalized spacial score (nSPS) is 15.5. The molecule has 0 radical (unpaired) electrons. The molecule has 168 valence electrons. The van der Waals surface area contributed by atoms with Crippen LogP contribution < -0.4 is 10.1 Å². The van der Waals surface area contributed by atoms with E-state index in [-0.39, 0.29) is 23.7 Å². The van der Waals surface area contributed by atoms with Gasteiger partial charge in [-0.25, -0.2) is 0 Å². The van der Waals surface area contributed by atoms with Crippen LogP contribution in [0.5, 0.6) is 5.75 Å². The van der Waals surface area contributed by atoms with Crippen LogP contribution in [0.1, 0.15) is 35.8 Å². The number of fused-ring (bicyclic) bond motifs is 1. The molecule has 2 heterocycles. The van der Waals surface area contributed by atoms with Gasteiger partial charge in [-0.2, -0.15) is 0 Å². The Morgan fingerprint density at radius 2 is 1.94 bits per heavy atom. The molecule has 0 bridgehead atoms. The van der Waals surface area contributed by atoms with Crippen molar-refractivity contribution in [3.8, 4) is 5.75 Å². The van der Waals surface area contributed by atoms with E-state index in [0.29, 0.717) is 30.4 Å². The summed E-state index contributed by atoms with van der Waals surface area (Å²) >= 11 is 6.05. The maximum Gasteiger partial charge on any atom is 0.270 e. The number of nitrogens with zero attached hydrogens (tertiary/aromatic N) is 1. The third kappa shape index (κ3) is 4.75. The minimum absolute atomic E-state index is 0.0101. The number of hydrogen-bond acceptors (Lipinski definition) is 3. The molecule has 6 nitrogen and oxygen atoms in total. The van der Waals surface area contributed by atoms with Gasteiger partial charge in [-0.1, -0.05) is 36.7 Å². The summed E-state index contributed by atoms with van der Waals surface area (Å²) < 4.78 is 5.35. The predicted molar refractivity (Wildman–Crippen MR) is 126 cm³/mol. The van der Waals surface area contributed by atoms with Gasteiger partial charge >= 0.3 is 0 Å². The summed E-state index contributed by atoms with van der Waals surface area (Å²) in [6.45, 7) is 3.70. The minimum atomic E-state index is -0.114. The number of piperidine rings is 1. The van der Waals surface area contributed by atoms with E-state index in [2.05, 4.69) is 10.3 Å². The first-order valence-corrected chi connectivity index (χ1v) is 11.3. The van der Waals surface area contributed by atoms with Gasteiger partial charge in [0.1, 0.15) is 11.4 Å². The van der Waals surface area contributed by atoms with Crippen LogP contribution in [0.3, 0.4) is 0 Å². The Kier molecular flexibility index (Phi) is 6.70. The number of benzene rings is 2. The van der Waals surface area contributed by atoms with Gasteiger partial charge in [-0.15, -0.1) is 0 Å². The van der Waals surface area contributed by atoms with Crippen LogP contribution in [0.4, 0.5) is 0 Å². The number of para-hydroxylation sites is 1. The highest BCUT2D eigenvalue weighted by molar-refractivity contribution is 6.31. The van der Waals surface area contributed by atoms with Crippen LogP contribution in [0, 0.1) is 11.8 Å². The van der Waals surface area contributed by atoms with Crippen molar-refractivity contribution in [1.82, 2.24) is 15.2 Å². The predicted octanol–water partition coefficient (Wildman–Crippen LogP) is 4.63. The number of rotatable bonds is 6. The molecule has 2 aromatic carbocycles. The molecule has 0 aliphatic carbocycles. The molecule has 0 spiro atoms. The lowest BCUT2D eigenvalue weighted by atomic mass is 9.84. The second kappa shape index (κ2) is 9.65. The van der Waals surface area contributed by atoms with Crippen molar-refractivity contribution in [2.24, 2.45) is 11.8 Å². The molecule has 0 unspecified atom stereocenters. The third-order valence-corrected chi connectivity index (χ3v) is 6.64. The van der Waals surface area contributed by atoms with Crippen molar-refractivity contribution >= 4 is 34.3 Å². The Morgan fingerprint density at radius 3 is 2.69 bits per heavy atom. The van der Waals surface area contributed by atoms with E-state index in [1.165, 1.54) is 0 Å². The van der Waals surface area contributed by atoms with E-state index in [1.807, 2.05) is 54.3 Å². The number of carbonyl (C=O) groups excluding carboxylic acids is 2. The van der Waals surface area contributed by atoms with Crippen molar-refractivity contribution in [3.63, 3.8) is 0 Å². The van der Waals surface area contributed by atoms with Crippen molar-refractivity contribution in [2.75, 3.05) is 20.2 Å². The zero-order valence-corrected chi connectivity index (χ0v) is 19.1. The quantitative estimate of drug-likeness (QED) is 0.571. The van der Waals surface area contributed by atoms with Gasteiger partial charge in [-0.05, 0) is 49.1 Å². The van der Waals surface area contributed by atoms with Crippen molar-refractivity contribution in [1.29, 1.82) is 0 Å². The van der Waals surface area contributed by atoms with E-state index >= 15 is 0 Å². The molecule has 1 aliphatic heterocycles. The summed E-state index contributed by atoms with van der Waals surface area (Å²) in [5.74, 6) is 0.930. The fraction of sp³-hybridized carbons (Fsp3) is 0.360. The summed E-state index contributed by atoms with van der Waals surface area (Å²) in [4.78, 5) is 30.7. The molecular weight excluding hydrogens is 426 g/mol. The molecule has 3 aromatic rings.